The molecule has 0 unspecified atom stereocenters. The molecule has 0 aliphatic rings. The highest BCUT2D eigenvalue weighted by atomic mass is 16.4. The zero-order valence-electron chi connectivity index (χ0n) is 6.11. The number of terminal acetylenes is 1. The molecule has 0 saturated heterocycles. The van der Waals surface area contributed by atoms with E-state index in [2.05, 4.69) is 10.9 Å². The van der Waals surface area contributed by atoms with E-state index in [-0.39, 0.29) is 17.1 Å². The summed E-state index contributed by atoms with van der Waals surface area (Å²) in [6, 6.07) is 2.91. The average molecular weight is 162 g/mol. The molecule has 0 atom stereocenters. The van der Waals surface area contributed by atoms with E-state index in [1.807, 2.05) is 0 Å². The van der Waals surface area contributed by atoms with Crippen LogP contribution >= 0.6 is 0 Å². The summed E-state index contributed by atoms with van der Waals surface area (Å²) in [5.41, 5.74) is 5.33. The molecule has 1 aromatic rings. The highest BCUT2D eigenvalue weighted by Gasteiger charge is 2.09. The fourth-order valence-corrected chi connectivity index (χ4v) is 0.754. The standard InChI is InChI=1S/C8H6N2O2/c1-2-5-3-4-6(9)10-7(5)8(11)12/h1,3-4H,(H2,9,10)(H,11,12). The maximum Gasteiger partial charge on any atom is 0.355 e. The predicted octanol–water partition coefficient (Wildman–Crippen LogP) is 0.343. The van der Waals surface area contributed by atoms with Crippen molar-refractivity contribution in [2.75, 3.05) is 5.73 Å². The monoisotopic (exact) mass is 162 g/mol. The SMILES string of the molecule is C#Cc1ccc(N)nc1C(=O)O. The Bertz CT molecular complexity index is 366. The summed E-state index contributed by atoms with van der Waals surface area (Å²) in [7, 11) is 0. The lowest BCUT2D eigenvalue weighted by atomic mass is 10.2. The molecule has 0 aliphatic heterocycles. The molecule has 1 heterocycles. The first kappa shape index (κ1) is 8.08. The fraction of sp³-hybridized carbons (Fsp3) is 0. The lowest BCUT2D eigenvalue weighted by Crippen LogP contribution is -2.05. The number of hydrogen-bond donors (Lipinski definition) is 2. The van der Waals surface area contributed by atoms with E-state index in [1.165, 1.54) is 12.1 Å². The zero-order valence-corrected chi connectivity index (χ0v) is 6.11. The highest BCUT2D eigenvalue weighted by Crippen LogP contribution is 2.07. The molecule has 0 radical (unpaired) electrons. The van der Waals surface area contributed by atoms with Crippen molar-refractivity contribution < 1.29 is 9.90 Å². The Balaban J connectivity index is 3.34. The molecule has 12 heavy (non-hydrogen) atoms. The van der Waals surface area contributed by atoms with Crippen molar-refractivity contribution in [1.82, 2.24) is 4.98 Å². The number of anilines is 1. The van der Waals surface area contributed by atoms with Crippen LogP contribution in [0.25, 0.3) is 0 Å². The van der Waals surface area contributed by atoms with E-state index >= 15 is 0 Å². The van der Waals surface area contributed by atoms with E-state index in [1.54, 1.807) is 0 Å². The van der Waals surface area contributed by atoms with Crippen molar-refractivity contribution in [3.05, 3.63) is 23.4 Å². The van der Waals surface area contributed by atoms with Gasteiger partial charge in [0.25, 0.3) is 0 Å². The van der Waals surface area contributed by atoms with Crippen LogP contribution in [0.2, 0.25) is 0 Å². The first-order chi connectivity index (χ1) is 5.65. The summed E-state index contributed by atoms with van der Waals surface area (Å²) in [6.45, 7) is 0. The number of hydrogen-bond acceptors (Lipinski definition) is 3. The molecular weight excluding hydrogens is 156 g/mol. The number of carboxylic acid groups (broad SMARTS) is 1. The van der Waals surface area contributed by atoms with Gasteiger partial charge < -0.3 is 10.8 Å². The fourth-order valence-electron chi connectivity index (χ4n) is 0.754. The van der Waals surface area contributed by atoms with Crippen molar-refractivity contribution in [3.8, 4) is 12.3 Å². The molecular formula is C8H6N2O2. The number of nitrogens with two attached hydrogens (primary N) is 1. The molecule has 4 nitrogen and oxygen atoms in total. The third kappa shape index (κ3) is 1.35. The summed E-state index contributed by atoms with van der Waals surface area (Å²) >= 11 is 0. The van der Waals surface area contributed by atoms with Gasteiger partial charge in [-0.25, -0.2) is 9.78 Å². The minimum Gasteiger partial charge on any atom is -0.476 e. The van der Waals surface area contributed by atoms with Crippen LogP contribution in [0.1, 0.15) is 16.1 Å². The highest BCUT2D eigenvalue weighted by molar-refractivity contribution is 5.88. The van der Waals surface area contributed by atoms with Gasteiger partial charge >= 0.3 is 5.97 Å². The lowest BCUT2D eigenvalue weighted by Gasteiger charge is -1.98. The Hall–Kier alpha value is -2.02. The molecule has 0 spiro atoms. The van der Waals surface area contributed by atoms with Crippen LogP contribution < -0.4 is 5.73 Å². The smallest absolute Gasteiger partial charge is 0.355 e. The average Bonchev–Trinajstić information content (AvgIpc) is 2.04. The number of aromatic nitrogens is 1. The second kappa shape index (κ2) is 2.93. The van der Waals surface area contributed by atoms with Crippen molar-refractivity contribution in [2.45, 2.75) is 0 Å². The molecule has 0 aliphatic carbocycles. The number of rotatable bonds is 1. The van der Waals surface area contributed by atoms with Gasteiger partial charge in [-0.1, -0.05) is 5.92 Å². The normalized spacial score (nSPS) is 8.92. The molecule has 1 rings (SSSR count). The molecule has 1 aromatic heterocycles. The van der Waals surface area contributed by atoms with E-state index in [0.717, 1.165) is 0 Å². The van der Waals surface area contributed by atoms with Crippen LogP contribution in [0.5, 0.6) is 0 Å². The van der Waals surface area contributed by atoms with Crippen molar-refractivity contribution >= 4 is 11.8 Å². The number of nitrogens with zero attached hydrogens (tertiary/aromatic N) is 1. The van der Waals surface area contributed by atoms with Gasteiger partial charge in [0, 0.05) is 0 Å². The van der Waals surface area contributed by atoms with Gasteiger partial charge in [-0.2, -0.15) is 0 Å². The summed E-state index contributed by atoms with van der Waals surface area (Å²) < 4.78 is 0. The third-order valence-electron chi connectivity index (χ3n) is 1.27. The Labute approximate surface area is 69.0 Å². The number of aromatic carboxylic acids is 1. The molecule has 0 saturated carbocycles. The number of carbonyl (C=O) groups is 1. The minimum atomic E-state index is -1.17. The second-order valence-corrected chi connectivity index (χ2v) is 2.08. The molecule has 4 heteroatoms. The van der Waals surface area contributed by atoms with Crippen LogP contribution in [0, 0.1) is 12.3 Å². The first-order valence-electron chi connectivity index (χ1n) is 3.11. The van der Waals surface area contributed by atoms with E-state index in [4.69, 9.17) is 17.3 Å². The van der Waals surface area contributed by atoms with Gasteiger partial charge in [0.1, 0.15) is 5.82 Å². The van der Waals surface area contributed by atoms with Crippen molar-refractivity contribution in [3.63, 3.8) is 0 Å². The van der Waals surface area contributed by atoms with Crippen LogP contribution in [-0.2, 0) is 0 Å². The van der Waals surface area contributed by atoms with Gasteiger partial charge in [-0.05, 0) is 12.1 Å². The molecule has 3 N–H and O–H groups in total. The van der Waals surface area contributed by atoms with Gasteiger partial charge in [-0.3, -0.25) is 0 Å². The Morgan fingerprint density at radius 1 is 1.67 bits per heavy atom. The minimum absolute atomic E-state index is 0.145. The summed E-state index contributed by atoms with van der Waals surface area (Å²) in [5.74, 6) is 1.18. The lowest BCUT2D eigenvalue weighted by molar-refractivity contribution is 0.0690. The zero-order chi connectivity index (χ0) is 9.14. The van der Waals surface area contributed by atoms with Gasteiger partial charge in [0.2, 0.25) is 0 Å². The van der Waals surface area contributed by atoms with Gasteiger partial charge in [0.15, 0.2) is 5.69 Å². The van der Waals surface area contributed by atoms with Crippen molar-refractivity contribution in [1.29, 1.82) is 0 Å². The van der Waals surface area contributed by atoms with Gasteiger partial charge in [0.05, 0.1) is 5.56 Å². The first-order valence-corrected chi connectivity index (χ1v) is 3.11. The second-order valence-electron chi connectivity index (χ2n) is 2.08. The quantitative estimate of drug-likeness (QED) is 0.584. The topological polar surface area (TPSA) is 76.2 Å². The third-order valence-corrected chi connectivity index (χ3v) is 1.27. The molecule has 0 aromatic carbocycles. The number of carboxylic acids is 1. The molecule has 0 bridgehead atoms. The largest absolute Gasteiger partial charge is 0.476 e. The maximum atomic E-state index is 10.5. The molecule has 0 fully saturated rings. The van der Waals surface area contributed by atoms with E-state index in [0.29, 0.717) is 0 Å². The van der Waals surface area contributed by atoms with Crippen LogP contribution in [0.3, 0.4) is 0 Å². The maximum absolute atomic E-state index is 10.5. The Morgan fingerprint density at radius 3 is 2.83 bits per heavy atom. The number of nitrogen functional groups attached to an aromatic ring is 1. The van der Waals surface area contributed by atoms with Crippen LogP contribution in [0.4, 0.5) is 5.82 Å². The van der Waals surface area contributed by atoms with Crippen molar-refractivity contribution in [2.24, 2.45) is 0 Å². The Kier molecular flexibility index (Phi) is 1.97. The van der Waals surface area contributed by atoms with E-state index < -0.39 is 5.97 Å². The summed E-state index contributed by atoms with van der Waals surface area (Å²) in [6.07, 6.45) is 5.04. The van der Waals surface area contributed by atoms with Crippen LogP contribution in [-0.4, -0.2) is 16.1 Å². The van der Waals surface area contributed by atoms with E-state index in [9.17, 15) is 4.79 Å². The van der Waals surface area contributed by atoms with Gasteiger partial charge in [-0.15, -0.1) is 6.42 Å². The summed E-state index contributed by atoms with van der Waals surface area (Å²) in [4.78, 5) is 14.1. The predicted molar refractivity (Wildman–Crippen MR) is 43.5 cm³/mol. The Morgan fingerprint density at radius 2 is 2.33 bits per heavy atom. The molecule has 60 valence electrons. The number of pyridine rings is 1. The molecule has 0 amide bonds. The van der Waals surface area contributed by atoms with Crippen LogP contribution in [0.15, 0.2) is 12.1 Å². The summed E-state index contributed by atoms with van der Waals surface area (Å²) in [5, 5.41) is 8.61.